The summed E-state index contributed by atoms with van der Waals surface area (Å²) in [7, 11) is 0. The second-order valence-electron chi connectivity index (χ2n) is 9.99. The van der Waals surface area contributed by atoms with E-state index in [1.165, 1.54) is 16.0 Å². The Kier molecular flexibility index (Phi) is 7.32. The van der Waals surface area contributed by atoms with Gasteiger partial charge in [0.05, 0.1) is 11.1 Å². The monoisotopic (exact) mass is 524 g/mol. The van der Waals surface area contributed by atoms with Gasteiger partial charge in [0.25, 0.3) is 5.56 Å². The van der Waals surface area contributed by atoms with E-state index in [-0.39, 0.29) is 5.56 Å². The zero-order valence-corrected chi connectivity index (χ0v) is 23.2. The van der Waals surface area contributed by atoms with Gasteiger partial charge in [-0.2, -0.15) is 0 Å². The summed E-state index contributed by atoms with van der Waals surface area (Å²) in [5, 5.41) is 8.05. The number of thiazole rings is 1. The molecule has 1 aliphatic carbocycles. The van der Waals surface area contributed by atoms with E-state index in [1.54, 1.807) is 34.4 Å². The number of benzene rings is 1. The van der Waals surface area contributed by atoms with Crippen molar-refractivity contribution in [1.29, 1.82) is 0 Å². The van der Waals surface area contributed by atoms with E-state index < -0.39 is 0 Å². The minimum atomic E-state index is 0.144. The van der Waals surface area contributed by atoms with Crippen LogP contribution in [0.1, 0.15) is 55.3 Å². The summed E-state index contributed by atoms with van der Waals surface area (Å²) in [6.07, 6.45) is 4.19. The molecule has 1 N–H and O–H groups in total. The summed E-state index contributed by atoms with van der Waals surface area (Å²) in [4.78, 5) is 25.8. The molecule has 35 heavy (non-hydrogen) atoms. The standard InChI is InChI=1S/C27H32N4OS3/c1-16(2)11-12-31-25(32)23-21-10-7-18(4)13-22(21)35-24(23)30-27(31)34-15-20-14-33-26(29-20)28-19-8-5-17(3)6-9-19/h5-6,8-9,14,16,18H,7,10-13,15H2,1-4H3,(H,28,29)/t18-/m0/s1. The third kappa shape index (κ3) is 5.49. The summed E-state index contributed by atoms with van der Waals surface area (Å²) in [6.45, 7) is 9.50. The first-order valence-corrected chi connectivity index (χ1v) is 15.0. The maximum Gasteiger partial charge on any atom is 0.263 e. The first-order chi connectivity index (χ1) is 16.9. The van der Waals surface area contributed by atoms with E-state index in [0.29, 0.717) is 24.1 Å². The number of nitrogens with one attached hydrogen (secondary N) is 1. The molecular formula is C27H32N4OS3. The van der Waals surface area contributed by atoms with Gasteiger partial charge in [-0.15, -0.1) is 22.7 Å². The van der Waals surface area contributed by atoms with Crippen molar-refractivity contribution in [3.63, 3.8) is 0 Å². The Balaban J connectivity index is 1.40. The molecule has 5 nitrogen and oxygen atoms in total. The Morgan fingerprint density at radius 1 is 1.23 bits per heavy atom. The van der Waals surface area contributed by atoms with Crippen molar-refractivity contribution < 1.29 is 0 Å². The number of hydrogen-bond donors (Lipinski definition) is 1. The predicted octanol–water partition coefficient (Wildman–Crippen LogP) is 7.43. The highest BCUT2D eigenvalue weighted by Crippen LogP contribution is 2.37. The van der Waals surface area contributed by atoms with Crippen LogP contribution < -0.4 is 10.9 Å². The van der Waals surface area contributed by atoms with Crippen molar-refractivity contribution >= 4 is 55.5 Å². The van der Waals surface area contributed by atoms with Crippen molar-refractivity contribution in [1.82, 2.24) is 14.5 Å². The SMILES string of the molecule is Cc1ccc(Nc2nc(CSc3nc4sc5c(c4c(=O)n3CCC(C)C)CC[C@H](C)C5)cs2)cc1. The van der Waals surface area contributed by atoms with Crippen LogP contribution in [-0.4, -0.2) is 14.5 Å². The lowest BCUT2D eigenvalue weighted by Gasteiger charge is -2.18. The number of aromatic nitrogens is 3. The summed E-state index contributed by atoms with van der Waals surface area (Å²) in [5.74, 6) is 1.90. The summed E-state index contributed by atoms with van der Waals surface area (Å²) >= 11 is 4.96. The molecule has 3 heterocycles. The number of nitrogens with zero attached hydrogens (tertiary/aromatic N) is 3. The lowest BCUT2D eigenvalue weighted by atomic mass is 9.89. The fourth-order valence-electron chi connectivity index (χ4n) is 4.43. The van der Waals surface area contributed by atoms with E-state index in [1.807, 2.05) is 4.57 Å². The molecule has 1 aliphatic rings. The lowest BCUT2D eigenvalue weighted by Crippen LogP contribution is -2.24. The third-order valence-corrected chi connectivity index (χ3v) is 9.48. The number of aryl methyl sites for hydroxylation is 2. The molecular weight excluding hydrogens is 493 g/mol. The highest BCUT2D eigenvalue weighted by atomic mass is 32.2. The summed E-state index contributed by atoms with van der Waals surface area (Å²) < 4.78 is 1.93. The summed E-state index contributed by atoms with van der Waals surface area (Å²) in [6, 6.07) is 8.32. The van der Waals surface area contributed by atoms with Gasteiger partial charge in [-0.1, -0.05) is 50.2 Å². The zero-order valence-electron chi connectivity index (χ0n) is 20.8. The van der Waals surface area contributed by atoms with Gasteiger partial charge in [0, 0.05) is 28.2 Å². The fourth-order valence-corrected chi connectivity index (χ4v) is 7.61. The largest absolute Gasteiger partial charge is 0.332 e. The van der Waals surface area contributed by atoms with E-state index in [2.05, 4.69) is 62.7 Å². The highest BCUT2D eigenvalue weighted by Gasteiger charge is 2.25. The molecule has 1 aromatic carbocycles. The molecule has 0 radical (unpaired) electrons. The normalized spacial score (nSPS) is 15.6. The number of rotatable bonds is 8. The lowest BCUT2D eigenvalue weighted by molar-refractivity contribution is 0.480. The van der Waals surface area contributed by atoms with Crippen LogP contribution >= 0.6 is 34.4 Å². The third-order valence-electron chi connectivity index (χ3n) is 6.51. The molecule has 1 atom stereocenters. The van der Waals surface area contributed by atoms with Crippen LogP contribution in [0, 0.1) is 18.8 Å². The van der Waals surface area contributed by atoms with Crippen LogP contribution in [-0.2, 0) is 25.1 Å². The Bertz CT molecular complexity index is 1380. The predicted molar refractivity (Wildman–Crippen MR) is 151 cm³/mol. The van der Waals surface area contributed by atoms with E-state index in [4.69, 9.17) is 9.97 Å². The van der Waals surface area contributed by atoms with Gasteiger partial charge < -0.3 is 5.32 Å². The quantitative estimate of drug-likeness (QED) is 0.192. The Hall–Kier alpha value is -2.16. The second-order valence-corrected chi connectivity index (χ2v) is 12.9. The average molecular weight is 525 g/mol. The number of thiophene rings is 1. The molecule has 0 saturated carbocycles. The smallest absolute Gasteiger partial charge is 0.263 e. The fraction of sp³-hybridized carbons (Fsp3) is 0.444. The molecule has 5 rings (SSSR count). The van der Waals surface area contributed by atoms with Gasteiger partial charge in [-0.3, -0.25) is 9.36 Å². The Labute approximate surface area is 219 Å². The maximum atomic E-state index is 13.7. The molecule has 3 aromatic heterocycles. The van der Waals surface area contributed by atoms with Crippen molar-refractivity contribution in [3.05, 3.63) is 61.7 Å². The molecule has 0 bridgehead atoms. The van der Waals surface area contributed by atoms with E-state index >= 15 is 0 Å². The molecule has 0 amide bonds. The van der Waals surface area contributed by atoms with Crippen molar-refractivity contribution in [2.24, 2.45) is 11.8 Å². The first kappa shape index (κ1) is 24.5. The van der Waals surface area contributed by atoms with Crippen LogP contribution in [0.25, 0.3) is 10.2 Å². The van der Waals surface area contributed by atoms with Crippen molar-refractivity contribution in [3.8, 4) is 0 Å². The molecule has 184 valence electrons. The Morgan fingerprint density at radius 2 is 2.03 bits per heavy atom. The van der Waals surface area contributed by atoms with Gasteiger partial charge in [0.2, 0.25) is 0 Å². The van der Waals surface area contributed by atoms with Crippen LogP contribution in [0.3, 0.4) is 0 Å². The molecule has 0 unspecified atom stereocenters. The van der Waals surface area contributed by atoms with Gasteiger partial charge in [-0.25, -0.2) is 9.97 Å². The zero-order chi connectivity index (χ0) is 24.5. The second kappa shape index (κ2) is 10.4. The van der Waals surface area contributed by atoms with E-state index in [9.17, 15) is 4.79 Å². The van der Waals surface area contributed by atoms with Gasteiger partial charge in [0.15, 0.2) is 10.3 Å². The van der Waals surface area contributed by atoms with Gasteiger partial charge in [0.1, 0.15) is 4.83 Å². The molecule has 8 heteroatoms. The average Bonchev–Trinajstić information content (AvgIpc) is 3.42. The molecule has 4 aromatic rings. The maximum absolute atomic E-state index is 13.7. The first-order valence-electron chi connectivity index (χ1n) is 12.3. The number of anilines is 2. The van der Waals surface area contributed by atoms with Gasteiger partial charge in [-0.05, 0) is 62.1 Å². The molecule has 0 aliphatic heterocycles. The van der Waals surface area contributed by atoms with Gasteiger partial charge >= 0.3 is 0 Å². The molecule has 0 fully saturated rings. The van der Waals surface area contributed by atoms with Crippen molar-refractivity contribution in [2.75, 3.05) is 5.32 Å². The van der Waals surface area contributed by atoms with E-state index in [0.717, 1.165) is 57.6 Å². The van der Waals surface area contributed by atoms with Crippen LogP contribution in [0.2, 0.25) is 0 Å². The molecule has 0 saturated heterocycles. The summed E-state index contributed by atoms with van der Waals surface area (Å²) in [5.41, 5.74) is 4.68. The Morgan fingerprint density at radius 3 is 2.80 bits per heavy atom. The highest BCUT2D eigenvalue weighted by molar-refractivity contribution is 7.98. The molecule has 0 spiro atoms. The minimum absolute atomic E-state index is 0.144. The minimum Gasteiger partial charge on any atom is -0.332 e. The number of fused-ring (bicyclic) bond motifs is 3. The number of thioether (sulfide) groups is 1. The number of hydrogen-bond acceptors (Lipinski definition) is 7. The van der Waals surface area contributed by atoms with Crippen LogP contribution in [0.5, 0.6) is 0 Å². The van der Waals surface area contributed by atoms with Crippen LogP contribution in [0.4, 0.5) is 10.8 Å². The topological polar surface area (TPSA) is 59.8 Å². The van der Waals surface area contributed by atoms with Crippen molar-refractivity contribution in [2.45, 2.75) is 70.8 Å². The van der Waals surface area contributed by atoms with Crippen LogP contribution in [0.15, 0.2) is 39.6 Å².